The van der Waals surface area contributed by atoms with Gasteiger partial charge in [-0.3, -0.25) is 19.4 Å². The normalized spacial score (nSPS) is 13.8. The number of aliphatic hydroxyl groups excluding tert-OH is 1. The number of hydrogen-bond donors (Lipinski definition) is 5. The van der Waals surface area contributed by atoms with Crippen molar-refractivity contribution < 1.29 is 19.5 Å². The van der Waals surface area contributed by atoms with Crippen molar-refractivity contribution in [3.63, 3.8) is 0 Å². The summed E-state index contributed by atoms with van der Waals surface area (Å²) in [5, 5.41) is 20.2. The van der Waals surface area contributed by atoms with E-state index in [1.165, 1.54) is 6.20 Å². The number of rotatable bonds is 15. The summed E-state index contributed by atoms with van der Waals surface area (Å²) in [6, 6.07) is 30.0. The van der Waals surface area contributed by atoms with Crippen molar-refractivity contribution in [1.29, 1.82) is 0 Å². The van der Waals surface area contributed by atoms with E-state index < -0.39 is 42.0 Å². The van der Waals surface area contributed by atoms with Crippen LogP contribution in [0.15, 0.2) is 109 Å². The molecule has 234 valence electrons. The van der Waals surface area contributed by atoms with E-state index in [0.717, 1.165) is 22.3 Å². The lowest BCUT2D eigenvalue weighted by molar-refractivity contribution is -0.125. The van der Waals surface area contributed by atoms with Crippen LogP contribution in [0.25, 0.3) is 11.1 Å². The van der Waals surface area contributed by atoms with Crippen LogP contribution in [0.2, 0.25) is 0 Å². The molecule has 0 aliphatic carbocycles. The van der Waals surface area contributed by atoms with Gasteiger partial charge in [0, 0.05) is 12.7 Å². The highest BCUT2D eigenvalue weighted by molar-refractivity contribution is 5.96. The van der Waals surface area contributed by atoms with Gasteiger partial charge in [0.15, 0.2) is 0 Å². The summed E-state index contributed by atoms with van der Waals surface area (Å²) in [6.45, 7) is 3.66. The smallest absolute Gasteiger partial charge is 0.270 e. The summed E-state index contributed by atoms with van der Waals surface area (Å²) in [7, 11) is 0. The molecular weight excluding hydrogens is 566 g/mol. The molecule has 0 spiro atoms. The van der Waals surface area contributed by atoms with Crippen molar-refractivity contribution >= 4 is 17.7 Å². The average molecular weight is 608 g/mol. The molecule has 9 heteroatoms. The Bertz CT molecular complexity index is 1530. The molecule has 3 aromatic carbocycles. The topological polar surface area (TPSA) is 146 Å². The summed E-state index contributed by atoms with van der Waals surface area (Å²) in [6.07, 6.45) is 1.09. The number of carbonyl (C=O) groups is 3. The van der Waals surface area contributed by atoms with Gasteiger partial charge >= 0.3 is 0 Å². The molecule has 1 heterocycles. The number of primary amides is 1. The molecule has 4 atom stereocenters. The van der Waals surface area contributed by atoms with Gasteiger partial charge in [-0.2, -0.15) is 0 Å². The van der Waals surface area contributed by atoms with Crippen LogP contribution in [-0.2, 0) is 22.4 Å². The zero-order chi connectivity index (χ0) is 32.2. The minimum atomic E-state index is -1.08. The lowest BCUT2D eigenvalue weighted by Crippen LogP contribution is -2.57. The number of nitrogens with zero attached hydrogens (tertiary/aromatic N) is 1. The van der Waals surface area contributed by atoms with Crippen molar-refractivity contribution in [2.75, 3.05) is 6.54 Å². The second-order valence-corrected chi connectivity index (χ2v) is 11.4. The molecule has 0 fully saturated rings. The van der Waals surface area contributed by atoms with Gasteiger partial charge in [0.2, 0.25) is 11.8 Å². The van der Waals surface area contributed by atoms with Crippen LogP contribution < -0.4 is 21.7 Å². The van der Waals surface area contributed by atoms with Gasteiger partial charge in [-0.1, -0.05) is 105 Å². The maximum Gasteiger partial charge on any atom is 0.270 e. The van der Waals surface area contributed by atoms with Crippen LogP contribution in [0.5, 0.6) is 0 Å². The molecule has 0 aliphatic heterocycles. The van der Waals surface area contributed by atoms with E-state index in [4.69, 9.17) is 5.73 Å². The number of carbonyl (C=O) groups excluding carboxylic acids is 3. The highest BCUT2D eigenvalue weighted by Crippen LogP contribution is 2.21. The first-order valence-electron chi connectivity index (χ1n) is 15.1. The minimum Gasteiger partial charge on any atom is -0.390 e. The van der Waals surface area contributed by atoms with Gasteiger partial charge < -0.3 is 26.8 Å². The first-order chi connectivity index (χ1) is 21.7. The van der Waals surface area contributed by atoms with Crippen molar-refractivity contribution in [1.82, 2.24) is 20.9 Å². The number of aliphatic hydroxyl groups is 1. The number of nitrogens with one attached hydrogen (secondary N) is 3. The molecule has 0 radical (unpaired) electrons. The van der Waals surface area contributed by atoms with E-state index >= 15 is 0 Å². The van der Waals surface area contributed by atoms with Gasteiger partial charge in [-0.05, 0) is 53.1 Å². The fourth-order valence-electron chi connectivity index (χ4n) is 5.09. The predicted molar refractivity (Wildman–Crippen MR) is 175 cm³/mol. The highest BCUT2D eigenvalue weighted by atomic mass is 16.3. The van der Waals surface area contributed by atoms with Crippen LogP contribution in [-0.4, -0.2) is 58.6 Å². The molecular formula is C36H41N5O4. The molecule has 9 nitrogen and oxygen atoms in total. The van der Waals surface area contributed by atoms with Crippen molar-refractivity contribution in [2.45, 2.75) is 50.9 Å². The maximum atomic E-state index is 13.5. The largest absolute Gasteiger partial charge is 0.390 e. The molecule has 1 aromatic heterocycles. The van der Waals surface area contributed by atoms with Crippen LogP contribution in [0.3, 0.4) is 0 Å². The number of benzene rings is 3. The Morgan fingerprint density at radius 1 is 0.778 bits per heavy atom. The molecule has 0 bridgehead atoms. The highest BCUT2D eigenvalue weighted by Gasteiger charge is 2.30. The fraction of sp³-hybridized carbons (Fsp3) is 0.278. The number of nitrogens with two attached hydrogens (primary N) is 1. The van der Waals surface area contributed by atoms with E-state index in [2.05, 4.69) is 20.9 Å². The first kappa shape index (κ1) is 33.0. The van der Waals surface area contributed by atoms with Gasteiger partial charge in [-0.25, -0.2) is 0 Å². The van der Waals surface area contributed by atoms with Crippen LogP contribution in [0.1, 0.15) is 35.5 Å². The fourth-order valence-corrected chi connectivity index (χ4v) is 5.09. The second-order valence-electron chi connectivity index (χ2n) is 11.4. The van der Waals surface area contributed by atoms with E-state index in [0.29, 0.717) is 12.8 Å². The predicted octanol–water partition coefficient (Wildman–Crippen LogP) is 3.28. The van der Waals surface area contributed by atoms with Crippen molar-refractivity contribution in [2.24, 2.45) is 11.7 Å². The minimum absolute atomic E-state index is 0.00357. The lowest BCUT2D eigenvalue weighted by atomic mass is 9.97. The van der Waals surface area contributed by atoms with Gasteiger partial charge in [0.05, 0.1) is 18.2 Å². The molecule has 0 unspecified atom stereocenters. The lowest BCUT2D eigenvalue weighted by Gasteiger charge is -2.29. The van der Waals surface area contributed by atoms with Gasteiger partial charge in [0.1, 0.15) is 11.7 Å². The van der Waals surface area contributed by atoms with E-state index in [-0.39, 0.29) is 18.2 Å². The summed E-state index contributed by atoms with van der Waals surface area (Å²) in [5.41, 5.74) is 9.88. The quantitative estimate of drug-likeness (QED) is 0.140. The van der Waals surface area contributed by atoms with Crippen molar-refractivity contribution in [3.05, 3.63) is 126 Å². The SMILES string of the molecule is CC(C)[C@H](NC(=O)c1ccccn1)C(=O)N[C@@H](Cc1ccccc1)[C@@H](O)CN[C@@H](Cc1cccc(-c2ccccc2)c1)C(N)=O. The molecule has 45 heavy (non-hydrogen) atoms. The molecule has 6 N–H and O–H groups in total. The Hall–Kier alpha value is -4.86. The third kappa shape index (κ3) is 9.82. The van der Waals surface area contributed by atoms with Crippen LogP contribution in [0, 0.1) is 5.92 Å². The molecule has 0 aliphatic rings. The Balaban J connectivity index is 1.46. The maximum absolute atomic E-state index is 13.5. The zero-order valence-corrected chi connectivity index (χ0v) is 25.6. The van der Waals surface area contributed by atoms with Crippen LogP contribution >= 0.6 is 0 Å². The molecule has 0 saturated carbocycles. The van der Waals surface area contributed by atoms with E-state index in [1.54, 1.807) is 18.2 Å². The van der Waals surface area contributed by atoms with E-state index in [1.807, 2.05) is 98.8 Å². The van der Waals surface area contributed by atoms with Gasteiger partial charge in [-0.15, -0.1) is 0 Å². The summed E-state index contributed by atoms with van der Waals surface area (Å²) in [4.78, 5) is 42.9. The van der Waals surface area contributed by atoms with Crippen LogP contribution in [0.4, 0.5) is 0 Å². The number of aromatic nitrogens is 1. The van der Waals surface area contributed by atoms with Gasteiger partial charge in [0.25, 0.3) is 5.91 Å². The summed E-state index contributed by atoms with van der Waals surface area (Å²) >= 11 is 0. The zero-order valence-electron chi connectivity index (χ0n) is 25.6. The standard InChI is InChI=1S/C36H41N5O4/c1-24(2)33(41-35(44)29-18-9-10-19-38-29)36(45)40-30(21-25-12-5-3-6-13-25)32(42)23-39-31(34(37)43)22-26-14-11-17-28(20-26)27-15-7-4-8-16-27/h3-20,24,30-33,39,42H,21-23H2,1-2H3,(H2,37,43)(H,40,45)(H,41,44)/t30-,31-,32-,33-/m0/s1. The Morgan fingerprint density at radius 2 is 1.42 bits per heavy atom. The molecule has 3 amide bonds. The Morgan fingerprint density at radius 3 is 2.07 bits per heavy atom. The number of hydrogen-bond acceptors (Lipinski definition) is 6. The summed E-state index contributed by atoms with van der Waals surface area (Å²) in [5.74, 6) is -1.69. The van der Waals surface area contributed by atoms with Crippen molar-refractivity contribution in [3.8, 4) is 11.1 Å². The third-order valence-corrected chi connectivity index (χ3v) is 7.61. The Kier molecular flexibility index (Phi) is 12.0. The number of amides is 3. The molecule has 4 aromatic rings. The third-order valence-electron chi connectivity index (χ3n) is 7.61. The first-order valence-corrected chi connectivity index (χ1v) is 15.1. The monoisotopic (exact) mass is 607 g/mol. The molecule has 4 rings (SSSR count). The Labute approximate surface area is 264 Å². The summed E-state index contributed by atoms with van der Waals surface area (Å²) < 4.78 is 0. The average Bonchev–Trinajstić information content (AvgIpc) is 3.06. The second kappa shape index (κ2) is 16.3. The number of pyridine rings is 1. The van der Waals surface area contributed by atoms with E-state index in [9.17, 15) is 19.5 Å². The molecule has 0 saturated heterocycles.